The third kappa shape index (κ3) is 2.20. The van der Waals surface area contributed by atoms with Crippen LogP contribution in [0.15, 0.2) is 72.8 Å². The molecule has 3 aromatic carbocycles. The second kappa shape index (κ2) is 5.42. The average Bonchev–Trinajstić information content (AvgIpc) is 2.50. The number of hydrogen-bond donors (Lipinski definition) is 0. The molecule has 3 aromatic rings. The highest BCUT2D eigenvalue weighted by molar-refractivity contribution is 6.06. The van der Waals surface area contributed by atoms with Gasteiger partial charge in [0, 0.05) is 6.08 Å². The van der Waals surface area contributed by atoms with Crippen LogP contribution < -0.4 is 0 Å². The molecule has 0 spiro atoms. The van der Waals surface area contributed by atoms with Crippen LogP contribution in [-0.4, -0.2) is 0 Å². The van der Waals surface area contributed by atoms with Crippen molar-refractivity contribution in [3.8, 4) is 6.07 Å². The Morgan fingerprint density at radius 3 is 2.00 bits per heavy atom. The Morgan fingerprint density at radius 2 is 1.40 bits per heavy atom. The van der Waals surface area contributed by atoms with Gasteiger partial charge < -0.3 is 0 Å². The Bertz CT molecular complexity index is 810. The van der Waals surface area contributed by atoms with E-state index in [2.05, 4.69) is 60.7 Å². The van der Waals surface area contributed by atoms with Crippen molar-refractivity contribution in [2.24, 2.45) is 0 Å². The molecular weight excluding hydrogens is 242 g/mol. The van der Waals surface area contributed by atoms with E-state index in [4.69, 9.17) is 5.26 Å². The molecule has 0 radical (unpaired) electrons. The summed E-state index contributed by atoms with van der Waals surface area (Å²) in [6, 6.07) is 21.0. The topological polar surface area (TPSA) is 23.8 Å². The first-order valence-electron chi connectivity index (χ1n) is 6.53. The van der Waals surface area contributed by atoms with Crippen molar-refractivity contribution < 1.29 is 0 Å². The Labute approximate surface area is 118 Å². The quantitative estimate of drug-likeness (QED) is 0.355. The summed E-state index contributed by atoms with van der Waals surface area (Å²) in [5.74, 6) is 0. The van der Waals surface area contributed by atoms with Crippen molar-refractivity contribution in [1.82, 2.24) is 0 Å². The highest BCUT2D eigenvalue weighted by Gasteiger charge is 2.03. The molecule has 0 atom stereocenters. The van der Waals surface area contributed by atoms with Crippen LogP contribution in [0.2, 0.25) is 0 Å². The lowest BCUT2D eigenvalue weighted by atomic mass is 9.96. The zero-order valence-corrected chi connectivity index (χ0v) is 11.0. The number of allylic oxidation sites excluding steroid dienone is 3. The van der Waals surface area contributed by atoms with Gasteiger partial charge in [-0.3, -0.25) is 0 Å². The van der Waals surface area contributed by atoms with Crippen molar-refractivity contribution >= 4 is 27.6 Å². The minimum atomic E-state index is 1.20. The van der Waals surface area contributed by atoms with Crippen LogP contribution >= 0.6 is 0 Å². The summed E-state index contributed by atoms with van der Waals surface area (Å²) >= 11 is 0. The zero-order chi connectivity index (χ0) is 13.8. The van der Waals surface area contributed by atoms with E-state index in [0.717, 1.165) is 0 Å². The summed E-state index contributed by atoms with van der Waals surface area (Å²) in [4.78, 5) is 0. The molecule has 0 bridgehead atoms. The summed E-state index contributed by atoms with van der Waals surface area (Å²) in [6.45, 7) is 0. The van der Waals surface area contributed by atoms with E-state index in [1.165, 1.54) is 33.2 Å². The van der Waals surface area contributed by atoms with Gasteiger partial charge in [0.05, 0.1) is 6.07 Å². The van der Waals surface area contributed by atoms with Gasteiger partial charge in [-0.15, -0.1) is 0 Å². The van der Waals surface area contributed by atoms with E-state index >= 15 is 0 Å². The standard InChI is InChI=1S/C19H13N/c20-13-7-1-2-12-19-17-10-5-3-8-15(17)14-16-9-4-6-11-18(16)19/h1-12,14H/b7-1+,12-2-. The van der Waals surface area contributed by atoms with Crippen LogP contribution in [0.5, 0.6) is 0 Å². The number of benzene rings is 3. The molecule has 0 aliphatic heterocycles. The molecule has 0 amide bonds. The van der Waals surface area contributed by atoms with Crippen molar-refractivity contribution in [3.05, 3.63) is 78.4 Å². The molecule has 1 heteroatoms. The highest BCUT2D eigenvalue weighted by Crippen LogP contribution is 2.29. The molecule has 94 valence electrons. The molecular formula is C19H13N. The molecule has 0 saturated carbocycles. The van der Waals surface area contributed by atoms with Crippen molar-refractivity contribution in [2.45, 2.75) is 0 Å². The zero-order valence-electron chi connectivity index (χ0n) is 11.0. The SMILES string of the molecule is N#C/C=C/C=C\c1c2ccccc2cc2ccccc12. The van der Waals surface area contributed by atoms with Gasteiger partial charge in [-0.1, -0.05) is 66.8 Å². The molecule has 3 rings (SSSR count). The third-order valence-electron chi connectivity index (χ3n) is 3.36. The molecule has 0 heterocycles. The summed E-state index contributed by atoms with van der Waals surface area (Å²) in [6.07, 6.45) is 7.22. The molecule has 0 N–H and O–H groups in total. The molecule has 0 aliphatic rings. The maximum atomic E-state index is 8.54. The molecule has 0 saturated heterocycles. The number of nitrogens with zero attached hydrogens (tertiary/aromatic N) is 1. The molecule has 0 aromatic heterocycles. The maximum absolute atomic E-state index is 8.54. The van der Waals surface area contributed by atoms with E-state index in [9.17, 15) is 0 Å². The Kier molecular flexibility index (Phi) is 3.31. The normalized spacial score (nSPS) is 11.6. The number of nitriles is 1. The van der Waals surface area contributed by atoms with Crippen molar-refractivity contribution in [1.29, 1.82) is 5.26 Å². The van der Waals surface area contributed by atoms with Crippen molar-refractivity contribution in [3.63, 3.8) is 0 Å². The second-order valence-corrected chi connectivity index (χ2v) is 4.58. The first-order chi connectivity index (χ1) is 9.90. The van der Waals surface area contributed by atoms with Gasteiger partial charge >= 0.3 is 0 Å². The number of hydrogen-bond acceptors (Lipinski definition) is 1. The summed E-state index contributed by atoms with van der Waals surface area (Å²) < 4.78 is 0. The maximum Gasteiger partial charge on any atom is 0.0912 e. The lowest BCUT2D eigenvalue weighted by Gasteiger charge is -2.07. The Morgan fingerprint density at radius 1 is 0.800 bits per heavy atom. The van der Waals surface area contributed by atoms with Gasteiger partial charge in [0.25, 0.3) is 0 Å². The van der Waals surface area contributed by atoms with Gasteiger partial charge in [-0.2, -0.15) is 5.26 Å². The van der Waals surface area contributed by atoms with Gasteiger partial charge in [-0.05, 0) is 33.2 Å². The highest BCUT2D eigenvalue weighted by atomic mass is 14.2. The predicted octanol–water partition coefficient (Wildman–Crippen LogP) is 5.09. The minimum Gasteiger partial charge on any atom is -0.193 e. The summed E-state index contributed by atoms with van der Waals surface area (Å²) in [7, 11) is 0. The summed E-state index contributed by atoms with van der Waals surface area (Å²) in [5, 5.41) is 13.5. The van der Waals surface area contributed by atoms with E-state index in [0.29, 0.717) is 0 Å². The van der Waals surface area contributed by atoms with E-state index < -0.39 is 0 Å². The first kappa shape index (κ1) is 12.2. The van der Waals surface area contributed by atoms with Crippen LogP contribution in [0, 0.1) is 11.3 Å². The minimum absolute atomic E-state index is 1.20. The van der Waals surface area contributed by atoms with Crippen LogP contribution in [0.1, 0.15) is 5.56 Å². The Hall–Kier alpha value is -2.85. The van der Waals surface area contributed by atoms with Crippen LogP contribution in [0.25, 0.3) is 27.6 Å². The fourth-order valence-corrected chi connectivity index (χ4v) is 2.48. The van der Waals surface area contributed by atoms with E-state index in [-0.39, 0.29) is 0 Å². The monoisotopic (exact) mass is 255 g/mol. The summed E-state index contributed by atoms with van der Waals surface area (Å²) in [5.41, 5.74) is 1.20. The van der Waals surface area contributed by atoms with Gasteiger partial charge in [0.15, 0.2) is 0 Å². The van der Waals surface area contributed by atoms with Gasteiger partial charge in [-0.25, -0.2) is 0 Å². The average molecular weight is 255 g/mol. The number of rotatable bonds is 2. The number of fused-ring (bicyclic) bond motifs is 2. The Balaban J connectivity index is 2.31. The van der Waals surface area contributed by atoms with Gasteiger partial charge in [0.1, 0.15) is 0 Å². The molecule has 0 fully saturated rings. The molecule has 20 heavy (non-hydrogen) atoms. The van der Waals surface area contributed by atoms with Crippen LogP contribution in [0.3, 0.4) is 0 Å². The fourth-order valence-electron chi connectivity index (χ4n) is 2.48. The predicted molar refractivity (Wildman–Crippen MR) is 85.2 cm³/mol. The lowest BCUT2D eigenvalue weighted by Crippen LogP contribution is -1.82. The fraction of sp³-hybridized carbons (Fsp3) is 0. The van der Waals surface area contributed by atoms with Crippen LogP contribution in [0.4, 0.5) is 0 Å². The van der Waals surface area contributed by atoms with Crippen molar-refractivity contribution in [2.75, 3.05) is 0 Å². The van der Waals surface area contributed by atoms with E-state index in [1.807, 2.05) is 12.1 Å². The first-order valence-corrected chi connectivity index (χ1v) is 6.53. The van der Waals surface area contributed by atoms with E-state index in [1.54, 1.807) is 6.08 Å². The van der Waals surface area contributed by atoms with Gasteiger partial charge in [0.2, 0.25) is 0 Å². The second-order valence-electron chi connectivity index (χ2n) is 4.58. The van der Waals surface area contributed by atoms with Crippen LogP contribution in [-0.2, 0) is 0 Å². The molecule has 1 nitrogen and oxygen atoms in total. The smallest absolute Gasteiger partial charge is 0.0912 e. The largest absolute Gasteiger partial charge is 0.193 e. The third-order valence-corrected chi connectivity index (χ3v) is 3.36. The molecule has 0 aliphatic carbocycles. The lowest BCUT2D eigenvalue weighted by molar-refractivity contribution is 1.53. The molecule has 0 unspecified atom stereocenters.